The van der Waals surface area contributed by atoms with E-state index in [1.165, 1.54) is 12.8 Å². The fraction of sp³-hybridized carbons (Fsp3) is 0.389. The molecule has 0 aliphatic heterocycles. The molecule has 4 nitrogen and oxygen atoms in total. The first-order valence-corrected chi connectivity index (χ1v) is 8.32. The molecule has 1 saturated carbocycles. The van der Waals surface area contributed by atoms with Gasteiger partial charge in [0.25, 0.3) is 5.91 Å². The molecule has 122 valence electrons. The second kappa shape index (κ2) is 7.66. The molecule has 0 bridgehead atoms. The van der Waals surface area contributed by atoms with Crippen molar-refractivity contribution >= 4 is 17.5 Å². The summed E-state index contributed by atoms with van der Waals surface area (Å²) in [6, 6.07) is 10.8. The molecule has 0 radical (unpaired) electrons. The first kappa shape index (κ1) is 16.1. The van der Waals surface area contributed by atoms with Gasteiger partial charge in [0.2, 0.25) is 0 Å². The third-order valence-electron chi connectivity index (χ3n) is 3.77. The van der Waals surface area contributed by atoms with Crippen LogP contribution in [0.2, 0.25) is 5.02 Å². The normalized spacial score (nSPS) is 14.0. The molecular formula is C18H20ClNO3. The molecule has 1 N–H and O–H groups in total. The summed E-state index contributed by atoms with van der Waals surface area (Å²) in [4.78, 5) is 12.0. The van der Waals surface area contributed by atoms with E-state index in [0.717, 1.165) is 24.5 Å². The predicted molar refractivity (Wildman–Crippen MR) is 89.6 cm³/mol. The highest BCUT2D eigenvalue weighted by atomic mass is 35.5. The molecule has 1 aliphatic carbocycles. The van der Waals surface area contributed by atoms with E-state index >= 15 is 0 Å². The molecule has 1 aromatic carbocycles. The highest BCUT2D eigenvalue weighted by molar-refractivity contribution is 6.33. The van der Waals surface area contributed by atoms with Crippen molar-refractivity contribution in [1.29, 1.82) is 0 Å². The van der Waals surface area contributed by atoms with Crippen molar-refractivity contribution in [2.75, 3.05) is 19.8 Å². The zero-order valence-electron chi connectivity index (χ0n) is 12.9. The molecule has 1 heterocycles. The predicted octanol–water partition coefficient (Wildman–Crippen LogP) is 4.15. The fourth-order valence-corrected chi connectivity index (χ4v) is 2.49. The van der Waals surface area contributed by atoms with E-state index in [2.05, 4.69) is 5.32 Å². The van der Waals surface area contributed by atoms with Crippen LogP contribution in [0.4, 0.5) is 0 Å². The van der Waals surface area contributed by atoms with E-state index in [0.29, 0.717) is 29.7 Å². The van der Waals surface area contributed by atoms with Crippen molar-refractivity contribution in [3.63, 3.8) is 0 Å². The Morgan fingerprint density at radius 1 is 1.26 bits per heavy atom. The van der Waals surface area contributed by atoms with Crippen LogP contribution in [0.15, 0.2) is 40.8 Å². The minimum absolute atomic E-state index is 0.217. The Morgan fingerprint density at radius 2 is 2.09 bits per heavy atom. The Hall–Kier alpha value is -1.78. The molecule has 3 rings (SSSR count). The van der Waals surface area contributed by atoms with Gasteiger partial charge >= 0.3 is 0 Å². The van der Waals surface area contributed by atoms with E-state index in [4.69, 9.17) is 20.8 Å². The van der Waals surface area contributed by atoms with E-state index in [1.54, 1.807) is 18.2 Å². The minimum Gasteiger partial charge on any atom is -0.451 e. The first-order valence-electron chi connectivity index (χ1n) is 7.95. The van der Waals surface area contributed by atoms with Gasteiger partial charge in [0, 0.05) is 25.3 Å². The van der Waals surface area contributed by atoms with Gasteiger partial charge in [0.15, 0.2) is 5.76 Å². The molecule has 23 heavy (non-hydrogen) atoms. The van der Waals surface area contributed by atoms with Gasteiger partial charge in [-0.25, -0.2) is 0 Å². The molecule has 0 saturated heterocycles. The van der Waals surface area contributed by atoms with Gasteiger partial charge in [-0.3, -0.25) is 4.79 Å². The van der Waals surface area contributed by atoms with Gasteiger partial charge in [-0.05, 0) is 49.4 Å². The number of furan rings is 1. The number of ether oxygens (including phenoxy) is 1. The van der Waals surface area contributed by atoms with Gasteiger partial charge in [-0.15, -0.1) is 0 Å². The SMILES string of the molecule is O=C(NCCCOCC1CC1)c1ccc(-c2ccccc2Cl)o1. The Kier molecular flexibility index (Phi) is 5.36. The molecule has 1 fully saturated rings. The Bertz CT molecular complexity index is 664. The lowest BCUT2D eigenvalue weighted by atomic mass is 10.2. The van der Waals surface area contributed by atoms with E-state index in [1.807, 2.05) is 18.2 Å². The van der Waals surface area contributed by atoms with E-state index < -0.39 is 0 Å². The maximum atomic E-state index is 12.0. The maximum Gasteiger partial charge on any atom is 0.287 e. The highest BCUT2D eigenvalue weighted by Gasteiger charge is 2.20. The van der Waals surface area contributed by atoms with Crippen molar-refractivity contribution in [2.24, 2.45) is 5.92 Å². The maximum absolute atomic E-state index is 12.0. The van der Waals surface area contributed by atoms with Crippen LogP contribution in [0.1, 0.15) is 29.8 Å². The summed E-state index contributed by atoms with van der Waals surface area (Å²) in [6.45, 7) is 2.11. The standard InChI is InChI=1S/C18H20ClNO3/c19-15-5-2-1-4-14(15)16-8-9-17(23-16)18(21)20-10-3-11-22-12-13-6-7-13/h1-2,4-5,8-9,13H,3,6-7,10-12H2,(H,20,21). The topological polar surface area (TPSA) is 51.5 Å². The third kappa shape index (κ3) is 4.60. The molecule has 0 spiro atoms. The summed E-state index contributed by atoms with van der Waals surface area (Å²) in [7, 11) is 0. The molecule has 1 aliphatic rings. The first-order chi connectivity index (χ1) is 11.2. The lowest BCUT2D eigenvalue weighted by molar-refractivity contribution is 0.0911. The monoisotopic (exact) mass is 333 g/mol. The van der Waals surface area contributed by atoms with Crippen LogP contribution in [0, 0.1) is 5.92 Å². The van der Waals surface area contributed by atoms with Gasteiger partial charge in [0.05, 0.1) is 5.02 Å². The summed E-state index contributed by atoms with van der Waals surface area (Å²) < 4.78 is 11.1. The van der Waals surface area contributed by atoms with Crippen LogP contribution in [0.3, 0.4) is 0 Å². The summed E-state index contributed by atoms with van der Waals surface area (Å²) >= 11 is 6.13. The average molecular weight is 334 g/mol. The van der Waals surface area contributed by atoms with Crippen molar-refractivity contribution < 1.29 is 13.9 Å². The zero-order valence-corrected chi connectivity index (χ0v) is 13.6. The molecule has 5 heteroatoms. The highest BCUT2D eigenvalue weighted by Crippen LogP contribution is 2.29. The van der Waals surface area contributed by atoms with Gasteiger partial charge in [0.1, 0.15) is 5.76 Å². The number of amides is 1. The minimum atomic E-state index is -0.217. The molecule has 0 unspecified atom stereocenters. The number of hydrogen-bond acceptors (Lipinski definition) is 3. The summed E-state index contributed by atoms with van der Waals surface area (Å²) in [6.07, 6.45) is 3.39. The number of halogens is 1. The Labute approximate surface area is 140 Å². The Morgan fingerprint density at radius 3 is 2.87 bits per heavy atom. The number of hydrogen-bond donors (Lipinski definition) is 1. The summed E-state index contributed by atoms with van der Waals surface area (Å²) in [5.74, 6) is 1.44. The number of nitrogens with one attached hydrogen (secondary N) is 1. The van der Waals surface area contributed by atoms with Crippen LogP contribution < -0.4 is 5.32 Å². The second-order valence-corrected chi connectivity index (χ2v) is 6.18. The van der Waals surface area contributed by atoms with Crippen molar-refractivity contribution in [1.82, 2.24) is 5.32 Å². The van der Waals surface area contributed by atoms with Gasteiger partial charge in [-0.1, -0.05) is 23.7 Å². The van der Waals surface area contributed by atoms with Crippen LogP contribution in [-0.4, -0.2) is 25.7 Å². The lowest BCUT2D eigenvalue weighted by Gasteiger charge is -2.04. The van der Waals surface area contributed by atoms with Crippen molar-refractivity contribution in [2.45, 2.75) is 19.3 Å². The third-order valence-corrected chi connectivity index (χ3v) is 4.10. The number of carbonyl (C=O) groups is 1. The quantitative estimate of drug-likeness (QED) is 0.738. The number of benzene rings is 1. The van der Waals surface area contributed by atoms with Crippen LogP contribution in [0.25, 0.3) is 11.3 Å². The summed E-state index contributed by atoms with van der Waals surface area (Å²) in [5, 5.41) is 3.44. The van der Waals surface area contributed by atoms with Crippen LogP contribution in [-0.2, 0) is 4.74 Å². The summed E-state index contributed by atoms with van der Waals surface area (Å²) in [5.41, 5.74) is 0.779. The molecule has 1 aromatic heterocycles. The Balaban J connectivity index is 1.45. The molecule has 0 atom stereocenters. The van der Waals surface area contributed by atoms with E-state index in [9.17, 15) is 4.79 Å². The second-order valence-electron chi connectivity index (χ2n) is 5.77. The van der Waals surface area contributed by atoms with Crippen LogP contribution in [0.5, 0.6) is 0 Å². The van der Waals surface area contributed by atoms with E-state index in [-0.39, 0.29) is 5.91 Å². The van der Waals surface area contributed by atoms with Crippen molar-refractivity contribution in [3.8, 4) is 11.3 Å². The van der Waals surface area contributed by atoms with Gasteiger partial charge < -0.3 is 14.5 Å². The molecule has 2 aromatic rings. The van der Waals surface area contributed by atoms with Crippen LogP contribution >= 0.6 is 11.6 Å². The largest absolute Gasteiger partial charge is 0.451 e. The van der Waals surface area contributed by atoms with Crippen molar-refractivity contribution in [3.05, 3.63) is 47.2 Å². The number of rotatable bonds is 8. The molecular weight excluding hydrogens is 314 g/mol. The van der Waals surface area contributed by atoms with Gasteiger partial charge in [-0.2, -0.15) is 0 Å². The number of carbonyl (C=O) groups excluding carboxylic acids is 1. The average Bonchev–Trinajstić information content (AvgIpc) is 3.25. The smallest absolute Gasteiger partial charge is 0.287 e. The fourth-order valence-electron chi connectivity index (χ4n) is 2.26. The zero-order chi connectivity index (χ0) is 16.1. The molecule has 1 amide bonds. The lowest BCUT2D eigenvalue weighted by Crippen LogP contribution is -2.24.